The van der Waals surface area contributed by atoms with Crippen LogP contribution < -0.4 is 0 Å². The Morgan fingerprint density at radius 3 is 1.12 bits per heavy atom. The SMILES string of the molecule is CCC(CCCC(CC)C(C)(C)C)C(C)(C)C. The number of rotatable bonds is 6. The largest absolute Gasteiger partial charge is 0.0651 e. The van der Waals surface area contributed by atoms with Gasteiger partial charge in [0.25, 0.3) is 0 Å². The topological polar surface area (TPSA) is 0 Å². The molecule has 0 fully saturated rings. The van der Waals surface area contributed by atoms with Crippen molar-refractivity contribution in [2.45, 2.75) is 87.5 Å². The molecule has 0 aromatic rings. The molecule has 0 N–H and O–H groups in total. The summed E-state index contributed by atoms with van der Waals surface area (Å²) in [5.41, 5.74) is 0.969. The van der Waals surface area contributed by atoms with Crippen molar-refractivity contribution in [2.75, 3.05) is 0 Å². The van der Waals surface area contributed by atoms with E-state index in [1.54, 1.807) is 0 Å². The summed E-state index contributed by atoms with van der Waals surface area (Å²) in [7, 11) is 0. The molecule has 0 rings (SSSR count). The van der Waals surface area contributed by atoms with Gasteiger partial charge in [-0.1, -0.05) is 74.7 Å². The van der Waals surface area contributed by atoms with E-state index in [9.17, 15) is 0 Å². The van der Waals surface area contributed by atoms with Crippen molar-refractivity contribution in [3.8, 4) is 0 Å². The summed E-state index contributed by atoms with van der Waals surface area (Å²) in [6.07, 6.45) is 6.89. The number of hydrogen-bond donors (Lipinski definition) is 0. The molecule has 0 heteroatoms. The van der Waals surface area contributed by atoms with Crippen LogP contribution in [0.1, 0.15) is 87.5 Å². The molecule has 0 bridgehead atoms. The van der Waals surface area contributed by atoms with Crippen LogP contribution in [-0.4, -0.2) is 0 Å². The van der Waals surface area contributed by atoms with Gasteiger partial charge in [0, 0.05) is 0 Å². The third-order valence-corrected chi connectivity index (χ3v) is 4.54. The molecule has 0 aliphatic heterocycles. The van der Waals surface area contributed by atoms with Crippen LogP contribution >= 0.6 is 0 Å². The minimum absolute atomic E-state index is 0.484. The first-order chi connectivity index (χ1) is 7.62. The summed E-state index contributed by atoms with van der Waals surface area (Å²) < 4.78 is 0. The van der Waals surface area contributed by atoms with Gasteiger partial charge in [0.2, 0.25) is 0 Å². The monoisotopic (exact) mass is 240 g/mol. The van der Waals surface area contributed by atoms with Gasteiger partial charge in [0.1, 0.15) is 0 Å². The molecule has 104 valence electrons. The molecule has 0 aromatic heterocycles. The zero-order chi connectivity index (χ0) is 13.7. The lowest BCUT2D eigenvalue weighted by atomic mass is 9.73. The Morgan fingerprint density at radius 1 is 0.647 bits per heavy atom. The normalized spacial score (nSPS) is 16.9. The van der Waals surface area contributed by atoms with E-state index < -0.39 is 0 Å². The third-order valence-electron chi connectivity index (χ3n) is 4.54. The molecule has 0 aliphatic carbocycles. The van der Waals surface area contributed by atoms with E-state index in [4.69, 9.17) is 0 Å². The Kier molecular flexibility index (Phi) is 6.81. The average molecular weight is 240 g/mol. The molecule has 0 spiro atoms. The maximum absolute atomic E-state index is 2.39. The summed E-state index contributed by atoms with van der Waals surface area (Å²) in [6.45, 7) is 19.0. The third kappa shape index (κ3) is 6.48. The summed E-state index contributed by atoms with van der Waals surface area (Å²) in [5, 5.41) is 0. The van der Waals surface area contributed by atoms with Crippen LogP contribution in [0.4, 0.5) is 0 Å². The van der Waals surface area contributed by atoms with Gasteiger partial charge in [-0.3, -0.25) is 0 Å². The van der Waals surface area contributed by atoms with E-state index in [-0.39, 0.29) is 0 Å². The molecule has 17 heavy (non-hydrogen) atoms. The Bertz CT molecular complexity index is 167. The predicted octanol–water partition coefficient (Wildman–Crippen LogP) is 6.30. The van der Waals surface area contributed by atoms with Crippen molar-refractivity contribution in [1.82, 2.24) is 0 Å². The quantitative estimate of drug-likeness (QED) is 0.511. The van der Waals surface area contributed by atoms with Crippen molar-refractivity contribution in [3.05, 3.63) is 0 Å². The van der Waals surface area contributed by atoms with E-state index >= 15 is 0 Å². The van der Waals surface area contributed by atoms with Crippen LogP contribution in [0.3, 0.4) is 0 Å². The van der Waals surface area contributed by atoms with Gasteiger partial charge in [0.15, 0.2) is 0 Å². The molecule has 0 saturated carbocycles. The molecule has 0 amide bonds. The second kappa shape index (κ2) is 6.81. The molecule has 0 saturated heterocycles. The van der Waals surface area contributed by atoms with Gasteiger partial charge in [-0.05, 0) is 35.5 Å². The lowest BCUT2D eigenvalue weighted by Crippen LogP contribution is -2.22. The molecular formula is C17H36. The van der Waals surface area contributed by atoms with E-state index in [0.29, 0.717) is 10.8 Å². The first kappa shape index (κ1) is 17.0. The molecule has 2 unspecified atom stereocenters. The van der Waals surface area contributed by atoms with Gasteiger partial charge in [-0.15, -0.1) is 0 Å². The highest BCUT2D eigenvalue weighted by atomic mass is 14.3. The summed E-state index contributed by atoms with van der Waals surface area (Å²) in [6, 6.07) is 0. The van der Waals surface area contributed by atoms with E-state index in [1.807, 2.05) is 0 Å². The molecule has 0 heterocycles. The molecule has 0 aliphatic rings. The Hall–Kier alpha value is 0. The maximum atomic E-state index is 2.39. The number of hydrogen-bond acceptors (Lipinski definition) is 0. The molecule has 2 atom stereocenters. The van der Waals surface area contributed by atoms with Crippen molar-refractivity contribution < 1.29 is 0 Å². The van der Waals surface area contributed by atoms with Crippen LogP contribution in [0.2, 0.25) is 0 Å². The smallest absolute Gasteiger partial charge is 0.0354 e. The fourth-order valence-electron chi connectivity index (χ4n) is 3.11. The highest BCUT2D eigenvalue weighted by Crippen LogP contribution is 2.36. The second-order valence-corrected chi connectivity index (χ2v) is 7.87. The van der Waals surface area contributed by atoms with Crippen LogP contribution in [-0.2, 0) is 0 Å². The molecule has 0 nitrogen and oxygen atoms in total. The van der Waals surface area contributed by atoms with Crippen molar-refractivity contribution in [3.63, 3.8) is 0 Å². The lowest BCUT2D eigenvalue weighted by molar-refractivity contribution is 0.182. The van der Waals surface area contributed by atoms with E-state index in [0.717, 1.165) is 11.8 Å². The van der Waals surface area contributed by atoms with Crippen molar-refractivity contribution >= 4 is 0 Å². The lowest BCUT2D eigenvalue weighted by Gasteiger charge is -2.33. The Morgan fingerprint density at radius 2 is 0.941 bits per heavy atom. The second-order valence-electron chi connectivity index (χ2n) is 7.87. The first-order valence-corrected chi connectivity index (χ1v) is 7.62. The van der Waals surface area contributed by atoms with Gasteiger partial charge in [-0.25, -0.2) is 0 Å². The first-order valence-electron chi connectivity index (χ1n) is 7.62. The van der Waals surface area contributed by atoms with Gasteiger partial charge < -0.3 is 0 Å². The zero-order valence-electron chi connectivity index (χ0n) is 13.7. The maximum Gasteiger partial charge on any atom is -0.0354 e. The standard InChI is InChI=1S/C17H36/c1-9-14(16(3,4)5)12-11-13-15(10-2)17(6,7)8/h14-15H,9-13H2,1-8H3. The fraction of sp³-hybridized carbons (Fsp3) is 1.00. The van der Waals surface area contributed by atoms with Gasteiger partial charge >= 0.3 is 0 Å². The summed E-state index contributed by atoms with van der Waals surface area (Å²) in [4.78, 5) is 0. The molecular weight excluding hydrogens is 204 g/mol. The van der Waals surface area contributed by atoms with Crippen molar-refractivity contribution in [1.29, 1.82) is 0 Å². The fourth-order valence-corrected chi connectivity index (χ4v) is 3.11. The zero-order valence-corrected chi connectivity index (χ0v) is 13.7. The minimum Gasteiger partial charge on any atom is -0.0651 e. The predicted molar refractivity (Wildman–Crippen MR) is 80.3 cm³/mol. The van der Waals surface area contributed by atoms with Crippen LogP contribution in [0.25, 0.3) is 0 Å². The highest BCUT2D eigenvalue weighted by Gasteiger charge is 2.25. The van der Waals surface area contributed by atoms with Crippen LogP contribution in [0, 0.1) is 22.7 Å². The van der Waals surface area contributed by atoms with Crippen LogP contribution in [0.15, 0.2) is 0 Å². The Balaban J connectivity index is 4.13. The van der Waals surface area contributed by atoms with E-state index in [1.165, 1.54) is 32.1 Å². The summed E-state index contributed by atoms with van der Waals surface area (Å²) in [5.74, 6) is 1.78. The van der Waals surface area contributed by atoms with Crippen molar-refractivity contribution in [2.24, 2.45) is 22.7 Å². The van der Waals surface area contributed by atoms with Crippen LogP contribution in [0.5, 0.6) is 0 Å². The van der Waals surface area contributed by atoms with E-state index in [2.05, 4.69) is 55.4 Å². The van der Waals surface area contributed by atoms with Gasteiger partial charge in [0.05, 0.1) is 0 Å². The molecule has 0 radical (unpaired) electrons. The average Bonchev–Trinajstić information content (AvgIpc) is 2.13. The molecule has 0 aromatic carbocycles. The Labute approximate surface area is 111 Å². The summed E-state index contributed by atoms with van der Waals surface area (Å²) >= 11 is 0. The van der Waals surface area contributed by atoms with Gasteiger partial charge in [-0.2, -0.15) is 0 Å². The minimum atomic E-state index is 0.484. The highest BCUT2D eigenvalue weighted by molar-refractivity contribution is 4.76.